The lowest BCUT2D eigenvalue weighted by molar-refractivity contribution is 0.0163. The minimum absolute atomic E-state index is 0.0288. The quantitative estimate of drug-likeness (QED) is 0.535. The van der Waals surface area contributed by atoms with Crippen molar-refractivity contribution in [1.82, 2.24) is 4.72 Å². The molecule has 3 rings (SSSR count). The van der Waals surface area contributed by atoms with Gasteiger partial charge in [-0.1, -0.05) is 23.2 Å². The Bertz CT molecular complexity index is 1090. The molecule has 1 aliphatic rings. The average Bonchev–Trinajstić information content (AvgIpc) is 2.67. The van der Waals surface area contributed by atoms with Gasteiger partial charge in [-0.3, -0.25) is 4.79 Å². The molecule has 0 unspecified atom stereocenters. The first kappa shape index (κ1) is 23.9. The molecule has 1 amide bonds. The second-order valence-corrected chi connectivity index (χ2v) is 10.3. The maximum atomic E-state index is 13.5. The fourth-order valence-corrected chi connectivity index (χ4v) is 5.06. The van der Waals surface area contributed by atoms with Crippen molar-refractivity contribution in [3.8, 4) is 0 Å². The van der Waals surface area contributed by atoms with Crippen molar-refractivity contribution in [1.29, 1.82) is 0 Å². The average molecular weight is 493 g/mol. The first-order chi connectivity index (χ1) is 14.4. The van der Waals surface area contributed by atoms with Gasteiger partial charge in [-0.05, 0) is 56.9 Å². The number of benzene rings is 2. The molecule has 0 saturated heterocycles. The van der Waals surface area contributed by atoms with E-state index < -0.39 is 38.2 Å². The molecule has 0 heterocycles. The number of aliphatic hydroxyl groups is 1. The Balaban J connectivity index is 1.80. The number of hydrogen-bond donors (Lipinski definition) is 3. The second kappa shape index (κ2) is 8.99. The molecule has 2 aromatic carbocycles. The number of sulfonamides is 1. The van der Waals surface area contributed by atoms with Crippen LogP contribution in [-0.4, -0.2) is 31.1 Å². The van der Waals surface area contributed by atoms with Crippen molar-refractivity contribution in [3.05, 3.63) is 57.6 Å². The van der Waals surface area contributed by atoms with E-state index in [0.717, 1.165) is 18.2 Å². The third kappa shape index (κ3) is 5.72. The van der Waals surface area contributed by atoms with Crippen molar-refractivity contribution in [3.63, 3.8) is 0 Å². The normalized spacial score (nSPS) is 21.7. The molecule has 1 saturated carbocycles. The maximum absolute atomic E-state index is 13.5. The minimum atomic E-state index is -3.96. The van der Waals surface area contributed by atoms with E-state index in [1.807, 2.05) is 0 Å². The fraction of sp³-hybridized carbons (Fsp3) is 0.350. The van der Waals surface area contributed by atoms with Gasteiger partial charge >= 0.3 is 0 Å². The molecule has 1 fully saturated rings. The van der Waals surface area contributed by atoms with E-state index in [9.17, 15) is 27.1 Å². The Morgan fingerprint density at radius 2 is 1.77 bits per heavy atom. The predicted molar refractivity (Wildman–Crippen MR) is 114 cm³/mol. The Morgan fingerprint density at radius 3 is 2.39 bits per heavy atom. The van der Waals surface area contributed by atoms with Crippen LogP contribution < -0.4 is 10.0 Å². The number of amides is 1. The summed E-state index contributed by atoms with van der Waals surface area (Å²) in [4.78, 5) is 12.4. The zero-order chi connectivity index (χ0) is 23.0. The predicted octanol–water partition coefficient (Wildman–Crippen LogP) is 4.50. The second-order valence-electron chi connectivity index (χ2n) is 7.74. The first-order valence-corrected chi connectivity index (χ1v) is 11.6. The van der Waals surface area contributed by atoms with E-state index in [-0.39, 0.29) is 27.2 Å². The largest absolute Gasteiger partial charge is 0.390 e. The van der Waals surface area contributed by atoms with Gasteiger partial charge in [-0.25, -0.2) is 21.9 Å². The smallest absolute Gasteiger partial charge is 0.257 e. The van der Waals surface area contributed by atoms with E-state index in [1.165, 1.54) is 12.1 Å². The van der Waals surface area contributed by atoms with Gasteiger partial charge < -0.3 is 10.4 Å². The number of halogens is 4. The van der Waals surface area contributed by atoms with Crippen LogP contribution >= 0.6 is 23.2 Å². The summed E-state index contributed by atoms with van der Waals surface area (Å²) in [6.07, 6.45) is 1.88. The molecule has 3 N–H and O–H groups in total. The van der Waals surface area contributed by atoms with Crippen molar-refractivity contribution < 1.29 is 27.1 Å². The molecular weight excluding hydrogens is 473 g/mol. The van der Waals surface area contributed by atoms with E-state index in [2.05, 4.69) is 10.0 Å². The van der Waals surface area contributed by atoms with Crippen LogP contribution in [0.25, 0.3) is 0 Å². The number of anilines is 1. The molecule has 31 heavy (non-hydrogen) atoms. The molecule has 168 valence electrons. The van der Waals surface area contributed by atoms with Crippen LogP contribution in [0.5, 0.6) is 0 Å². The number of carbonyl (C=O) groups excluding carboxylic acids is 1. The summed E-state index contributed by atoms with van der Waals surface area (Å²) in [7, 11) is -3.96. The maximum Gasteiger partial charge on any atom is 0.257 e. The van der Waals surface area contributed by atoms with Crippen LogP contribution in [0.4, 0.5) is 14.5 Å². The van der Waals surface area contributed by atoms with Crippen LogP contribution in [0.2, 0.25) is 10.0 Å². The highest BCUT2D eigenvalue weighted by molar-refractivity contribution is 7.89. The van der Waals surface area contributed by atoms with Gasteiger partial charge in [0.25, 0.3) is 5.91 Å². The molecule has 6 nitrogen and oxygen atoms in total. The zero-order valence-electron chi connectivity index (χ0n) is 16.4. The SMILES string of the molecule is CC1(O)CCC(NS(=O)(=O)c2ccc(Cl)c(C(=O)Nc3cc(F)c(F)c(Cl)c3)c2)CC1. The zero-order valence-corrected chi connectivity index (χ0v) is 18.7. The summed E-state index contributed by atoms with van der Waals surface area (Å²) in [5, 5.41) is 11.8. The number of nitrogens with one attached hydrogen (secondary N) is 2. The minimum Gasteiger partial charge on any atom is -0.390 e. The summed E-state index contributed by atoms with van der Waals surface area (Å²) >= 11 is 11.6. The monoisotopic (exact) mass is 492 g/mol. The molecule has 0 atom stereocenters. The number of carbonyl (C=O) groups is 1. The van der Waals surface area contributed by atoms with Crippen molar-refractivity contribution in [2.24, 2.45) is 0 Å². The van der Waals surface area contributed by atoms with Crippen LogP contribution in [0.3, 0.4) is 0 Å². The van der Waals surface area contributed by atoms with Gasteiger partial charge in [0, 0.05) is 17.8 Å². The van der Waals surface area contributed by atoms with Crippen LogP contribution in [0, 0.1) is 11.6 Å². The summed E-state index contributed by atoms with van der Waals surface area (Å²) < 4.78 is 55.0. The molecular formula is C20H20Cl2F2N2O4S. The summed E-state index contributed by atoms with van der Waals surface area (Å²) in [6, 6.07) is 5.03. The molecule has 2 aromatic rings. The topological polar surface area (TPSA) is 95.5 Å². The molecule has 0 aromatic heterocycles. The molecule has 0 aliphatic heterocycles. The molecule has 1 aliphatic carbocycles. The lowest BCUT2D eigenvalue weighted by Crippen LogP contribution is -2.42. The third-order valence-corrected chi connectivity index (χ3v) is 7.24. The van der Waals surface area contributed by atoms with E-state index in [1.54, 1.807) is 6.92 Å². The van der Waals surface area contributed by atoms with E-state index >= 15 is 0 Å². The van der Waals surface area contributed by atoms with Gasteiger partial charge in [0.2, 0.25) is 10.0 Å². The summed E-state index contributed by atoms with van der Waals surface area (Å²) in [5.74, 6) is -3.32. The van der Waals surface area contributed by atoms with Gasteiger partial charge in [-0.2, -0.15) is 0 Å². The lowest BCUT2D eigenvalue weighted by Gasteiger charge is -2.33. The van der Waals surface area contributed by atoms with Crippen LogP contribution in [0.15, 0.2) is 35.2 Å². The van der Waals surface area contributed by atoms with Gasteiger partial charge in [0.1, 0.15) is 0 Å². The van der Waals surface area contributed by atoms with Crippen LogP contribution in [0.1, 0.15) is 43.0 Å². The number of hydrogen-bond acceptors (Lipinski definition) is 4. The molecule has 0 spiro atoms. The highest BCUT2D eigenvalue weighted by Crippen LogP contribution is 2.29. The van der Waals surface area contributed by atoms with Crippen LogP contribution in [-0.2, 0) is 10.0 Å². The van der Waals surface area contributed by atoms with Crippen molar-refractivity contribution in [2.45, 2.75) is 49.1 Å². The van der Waals surface area contributed by atoms with E-state index in [0.29, 0.717) is 25.7 Å². The highest BCUT2D eigenvalue weighted by Gasteiger charge is 2.31. The van der Waals surface area contributed by atoms with Gasteiger partial charge in [0.05, 0.1) is 26.1 Å². The first-order valence-electron chi connectivity index (χ1n) is 9.38. The van der Waals surface area contributed by atoms with Crippen molar-refractivity contribution >= 4 is 44.8 Å². The Hall–Kier alpha value is -1.78. The molecule has 0 bridgehead atoms. The number of rotatable bonds is 5. The molecule has 11 heteroatoms. The third-order valence-electron chi connectivity index (χ3n) is 5.12. The summed E-state index contributed by atoms with van der Waals surface area (Å²) in [6.45, 7) is 1.71. The van der Waals surface area contributed by atoms with Gasteiger partial charge in [0.15, 0.2) is 11.6 Å². The highest BCUT2D eigenvalue weighted by atomic mass is 35.5. The lowest BCUT2D eigenvalue weighted by atomic mass is 9.84. The fourth-order valence-electron chi connectivity index (χ4n) is 3.32. The Kier molecular flexibility index (Phi) is 6.93. The summed E-state index contributed by atoms with van der Waals surface area (Å²) in [5.41, 5.74) is -1.10. The van der Waals surface area contributed by atoms with E-state index in [4.69, 9.17) is 23.2 Å². The van der Waals surface area contributed by atoms with Gasteiger partial charge in [-0.15, -0.1) is 0 Å². The Morgan fingerprint density at radius 1 is 1.13 bits per heavy atom. The van der Waals surface area contributed by atoms with Crippen molar-refractivity contribution in [2.75, 3.05) is 5.32 Å². The molecule has 0 radical (unpaired) electrons. The standard InChI is InChI=1S/C20H20Cl2F2N2O4S/c1-20(28)6-4-11(5-7-20)26-31(29,30)13-2-3-15(21)14(10-13)19(27)25-12-8-16(22)18(24)17(23)9-12/h2-3,8-11,26,28H,4-7H2,1H3,(H,25,27). The Labute approximate surface area is 188 Å².